The summed E-state index contributed by atoms with van der Waals surface area (Å²) in [5, 5.41) is 0. The summed E-state index contributed by atoms with van der Waals surface area (Å²) in [6.07, 6.45) is 7.09. The maximum Gasteiger partial charge on any atom is 0.0113 e. The Bertz CT molecular complexity index is 158. The van der Waals surface area contributed by atoms with E-state index in [-0.39, 0.29) is 0 Å². The zero-order valence-electron chi connectivity index (χ0n) is 9.54. The lowest BCUT2D eigenvalue weighted by atomic mass is 10.2. The lowest BCUT2D eigenvalue weighted by Crippen LogP contribution is -2.47. The van der Waals surface area contributed by atoms with E-state index in [2.05, 4.69) is 16.7 Å². The highest BCUT2D eigenvalue weighted by atomic mass is 15.3. The zero-order chi connectivity index (χ0) is 9.80. The summed E-state index contributed by atoms with van der Waals surface area (Å²) < 4.78 is 0. The smallest absolute Gasteiger partial charge is 0.0113 e. The van der Waals surface area contributed by atoms with E-state index < -0.39 is 0 Å². The van der Waals surface area contributed by atoms with Crippen molar-refractivity contribution in [3.8, 4) is 0 Å². The molecule has 0 spiro atoms. The molecule has 2 heteroatoms. The molecule has 0 radical (unpaired) electrons. The summed E-state index contributed by atoms with van der Waals surface area (Å²) in [5.74, 6) is 0. The normalized spacial score (nSPS) is 25.5. The van der Waals surface area contributed by atoms with Gasteiger partial charge in [-0.3, -0.25) is 4.90 Å². The first-order valence-electron chi connectivity index (χ1n) is 6.36. The Kier molecular flexibility index (Phi) is 3.82. The first kappa shape index (κ1) is 10.4. The van der Waals surface area contributed by atoms with Crippen LogP contribution in [0.2, 0.25) is 0 Å². The molecule has 0 bridgehead atoms. The predicted octanol–water partition coefficient (Wildman–Crippen LogP) is 1.96. The van der Waals surface area contributed by atoms with Gasteiger partial charge in [-0.15, -0.1) is 0 Å². The highest BCUT2D eigenvalue weighted by Crippen LogP contribution is 2.27. The third kappa shape index (κ3) is 2.96. The third-order valence-electron chi connectivity index (χ3n) is 3.55. The Hall–Kier alpha value is -0.0800. The molecular formula is C12H24N2. The minimum Gasteiger partial charge on any atom is -0.301 e. The molecule has 0 amide bonds. The van der Waals surface area contributed by atoms with Crippen LogP contribution in [-0.4, -0.2) is 48.6 Å². The van der Waals surface area contributed by atoms with Crippen molar-refractivity contribution in [3.63, 3.8) is 0 Å². The van der Waals surface area contributed by atoms with Gasteiger partial charge < -0.3 is 4.90 Å². The van der Waals surface area contributed by atoms with Gasteiger partial charge in [0, 0.05) is 32.2 Å². The quantitative estimate of drug-likeness (QED) is 0.620. The Balaban J connectivity index is 1.58. The lowest BCUT2D eigenvalue weighted by molar-refractivity contribution is 0.125. The van der Waals surface area contributed by atoms with Gasteiger partial charge in [-0.05, 0) is 25.8 Å². The number of hydrogen-bond donors (Lipinski definition) is 0. The van der Waals surface area contributed by atoms with Gasteiger partial charge in [-0.25, -0.2) is 0 Å². The van der Waals surface area contributed by atoms with Crippen LogP contribution in [0.5, 0.6) is 0 Å². The van der Waals surface area contributed by atoms with Crippen molar-refractivity contribution < 1.29 is 0 Å². The summed E-state index contributed by atoms with van der Waals surface area (Å²) in [6, 6.07) is 0.979. The highest BCUT2D eigenvalue weighted by Gasteiger charge is 2.30. The number of piperazine rings is 1. The Morgan fingerprint density at radius 1 is 1.00 bits per heavy atom. The number of rotatable bonds is 5. The second-order valence-electron chi connectivity index (χ2n) is 4.82. The highest BCUT2D eigenvalue weighted by molar-refractivity contribution is 4.87. The molecule has 1 saturated heterocycles. The molecule has 0 aromatic rings. The van der Waals surface area contributed by atoms with E-state index >= 15 is 0 Å². The summed E-state index contributed by atoms with van der Waals surface area (Å²) in [6.45, 7) is 8.92. The molecule has 1 aliphatic heterocycles. The van der Waals surface area contributed by atoms with Crippen molar-refractivity contribution in [2.75, 3.05) is 32.7 Å². The molecule has 0 aromatic heterocycles. The van der Waals surface area contributed by atoms with Gasteiger partial charge in [0.05, 0.1) is 0 Å². The van der Waals surface area contributed by atoms with E-state index in [1.807, 2.05) is 0 Å². The van der Waals surface area contributed by atoms with Gasteiger partial charge in [0.1, 0.15) is 0 Å². The van der Waals surface area contributed by atoms with E-state index in [1.165, 1.54) is 64.8 Å². The fourth-order valence-corrected chi connectivity index (χ4v) is 2.38. The molecule has 1 heterocycles. The van der Waals surface area contributed by atoms with Crippen molar-refractivity contribution >= 4 is 0 Å². The van der Waals surface area contributed by atoms with Crippen LogP contribution in [-0.2, 0) is 0 Å². The second kappa shape index (κ2) is 5.13. The first-order valence-corrected chi connectivity index (χ1v) is 6.36. The Morgan fingerprint density at radius 2 is 1.71 bits per heavy atom. The van der Waals surface area contributed by atoms with E-state index in [0.29, 0.717) is 0 Å². The fraction of sp³-hybridized carbons (Fsp3) is 1.00. The van der Waals surface area contributed by atoms with Crippen LogP contribution in [0.25, 0.3) is 0 Å². The van der Waals surface area contributed by atoms with Crippen LogP contribution in [0.15, 0.2) is 0 Å². The molecule has 1 saturated carbocycles. The molecule has 0 unspecified atom stereocenters. The van der Waals surface area contributed by atoms with Crippen LogP contribution in [0, 0.1) is 0 Å². The van der Waals surface area contributed by atoms with Gasteiger partial charge >= 0.3 is 0 Å². The van der Waals surface area contributed by atoms with Crippen LogP contribution < -0.4 is 0 Å². The Morgan fingerprint density at radius 3 is 2.29 bits per heavy atom. The summed E-state index contributed by atoms with van der Waals surface area (Å²) in [4.78, 5) is 5.34. The minimum absolute atomic E-state index is 0.979. The topological polar surface area (TPSA) is 6.48 Å². The third-order valence-corrected chi connectivity index (χ3v) is 3.55. The SMILES string of the molecule is CCCCCN1CCN(C2CC2)CC1. The first-order chi connectivity index (χ1) is 6.90. The maximum absolute atomic E-state index is 2.69. The average Bonchev–Trinajstić information content (AvgIpc) is 3.03. The van der Waals surface area contributed by atoms with Gasteiger partial charge in [0.15, 0.2) is 0 Å². The molecule has 2 rings (SSSR count). The zero-order valence-corrected chi connectivity index (χ0v) is 9.54. The molecule has 0 atom stereocenters. The second-order valence-corrected chi connectivity index (χ2v) is 4.82. The number of unbranched alkanes of at least 4 members (excludes halogenated alkanes) is 2. The molecule has 0 aromatic carbocycles. The Labute approximate surface area is 88.3 Å². The van der Waals surface area contributed by atoms with Crippen LogP contribution in [0.3, 0.4) is 0 Å². The molecule has 1 aliphatic carbocycles. The van der Waals surface area contributed by atoms with E-state index in [9.17, 15) is 0 Å². The van der Waals surface area contributed by atoms with E-state index in [1.54, 1.807) is 0 Å². The van der Waals surface area contributed by atoms with Crippen molar-refractivity contribution in [2.45, 2.75) is 45.1 Å². The predicted molar refractivity (Wildman–Crippen MR) is 60.6 cm³/mol. The standard InChI is InChI=1S/C12H24N2/c1-2-3-4-7-13-8-10-14(11-9-13)12-5-6-12/h12H,2-11H2,1H3. The maximum atomic E-state index is 2.69. The molecule has 2 fully saturated rings. The van der Waals surface area contributed by atoms with E-state index in [4.69, 9.17) is 0 Å². The van der Waals surface area contributed by atoms with Crippen molar-refractivity contribution in [1.29, 1.82) is 0 Å². The van der Waals surface area contributed by atoms with Crippen LogP contribution in [0.4, 0.5) is 0 Å². The molecule has 2 nitrogen and oxygen atoms in total. The minimum atomic E-state index is 0.979. The largest absolute Gasteiger partial charge is 0.301 e. The van der Waals surface area contributed by atoms with Crippen LogP contribution >= 0.6 is 0 Å². The lowest BCUT2D eigenvalue weighted by Gasteiger charge is -2.34. The van der Waals surface area contributed by atoms with Gasteiger partial charge in [0.25, 0.3) is 0 Å². The van der Waals surface area contributed by atoms with Gasteiger partial charge in [0.2, 0.25) is 0 Å². The summed E-state index contributed by atoms with van der Waals surface area (Å²) in [5.41, 5.74) is 0. The molecule has 82 valence electrons. The molecule has 0 N–H and O–H groups in total. The van der Waals surface area contributed by atoms with E-state index in [0.717, 1.165) is 6.04 Å². The van der Waals surface area contributed by atoms with Gasteiger partial charge in [-0.2, -0.15) is 0 Å². The van der Waals surface area contributed by atoms with Crippen LogP contribution in [0.1, 0.15) is 39.0 Å². The number of hydrogen-bond acceptors (Lipinski definition) is 2. The molecule has 2 aliphatic rings. The average molecular weight is 196 g/mol. The number of nitrogens with zero attached hydrogens (tertiary/aromatic N) is 2. The van der Waals surface area contributed by atoms with Gasteiger partial charge in [-0.1, -0.05) is 19.8 Å². The van der Waals surface area contributed by atoms with Crippen molar-refractivity contribution in [2.24, 2.45) is 0 Å². The monoisotopic (exact) mass is 196 g/mol. The summed E-state index contributed by atoms with van der Waals surface area (Å²) in [7, 11) is 0. The fourth-order valence-electron chi connectivity index (χ4n) is 2.38. The van der Waals surface area contributed by atoms with Crippen molar-refractivity contribution in [1.82, 2.24) is 9.80 Å². The molecular weight excluding hydrogens is 172 g/mol. The summed E-state index contributed by atoms with van der Waals surface area (Å²) >= 11 is 0. The van der Waals surface area contributed by atoms with Crippen molar-refractivity contribution in [3.05, 3.63) is 0 Å². The molecule has 14 heavy (non-hydrogen) atoms.